The predicted molar refractivity (Wildman–Crippen MR) is 130 cm³/mol. The third-order valence-corrected chi connectivity index (χ3v) is 8.28. The zero-order valence-corrected chi connectivity index (χ0v) is 20.7. The number of sulfonamides is 1. The Balaban J connectivity index is 1.54. The monoisotopic (exact) mass is 456 g/mol. The molecule has 0 radical (unpaired) electrons. The van der Waals surface area contributed by atoms with Crippen LogP contribution in [0.2, 0.25) is 0 Å². The summed E-state index contributed by atoms with van der Waals surface area (Å²) in [6.07, 6.45) is 1.10. The molecule has 1 amide bonds. The first-order valence-corrected chi connectivity index (χ1v) is 13.0. The minimum atomic E-state index is -3.39. The maximum atomic E-state index is 12.9. The van der Waals surface area contributed by atoms with Crippen LogP contribution in [-0.2, 0) is 26.0 Å². The number of carbonyl (C=O) groups is 1. The van der Waals surface area contributed by atoms with Gasteiger partial charge in [-0.3, -0.25) is 4.79 Å². The summed E-state index contributed by atoms with van der Waals surface area (Å²) in [6.45, 7) is 11.2. The molecule has 3 rings (SSSR count). The average molecular weight is 457 g/mol. The van der Waals surface area contributed by atoms with E-state index in [-0.39, 0.29) is 29.0 Å². The highest BCUT2D eigenvalue weighted by Gasteiger charge is 2.31. The van der Waals surface area contributed by atoms with Crippen LogP contribution in [0.15, 0.2) is 48.5 Å². The number of hydrogen-bond acceptors (Lipinski definition) is 3. The number of amides is 1. The number of carbonyl (C=O) groups excluding carboxylic acids is 1. The van der Waals surface area contributed by atoms with E-state index < -0.39 is 10.0 Å². The van der Waals surface area contributed by atoms with Gasteiger partial charge in [0.05, 0.1) is 11.8 Å². The number of nitrogens with zero attached hydrogens (tertiary/aromatic N) is 1. The smallest absolute Gasteiger partial charge is 0.223 e. The Hall–Kier alpha value is -2.18. The van der Waals surface area contributed by atoms with Gasteiger partial charge in [-0.2, -0.15) is 0 Å². The van der Waals surface area contributed by atoms with Gasteiger partial charge in [0.2, 0.25) is 15.9 Å². The number of aryl methyl sites for hydroxylation is 1. The first kappa shape index (κ1) is 24.5. The van der Waals surface area contributed by atoms with E-state index in [2.05, 4.69) is 50.4 Å². The molecule has 2 aromatic rings. The van der Waals surface area contributed by atoms with Gasteiger partial charge in [0.15, 0.2) is 0 Å². The molecule has 1 saturated heterocycles. The molecule has 2 aromatic carbocycles. The quantitative estimate of drug-likeness (QED) is 0.684. The number of hydrogen-bond donors (Lipinski definition) is 1. The lowest BCUT2D eigenvalue weighted by molar-refractivity contribution is -0.126. The minimum Gasteiger partial charge on any atom is -0.349 e. The Bertz CT molecular complexity index is 1030. The topological polar surface area (TPSA) is 66.5 Å². The second-order valence-electron chi connectivity index (χ2n) is 9.96. The van der Waals surface area contributed by atoms with Crippen molar-refractivity contribution in [3.63, 3.8) is 0 Å². The molecule has 1 atom stereocenters. The highest BCUT2D eigenvalue weighted by molar-refractivity contribution is 7.88. The van der Waals surface area contributed by atoms with Gasteiger partial charge in [-0.25, -0.2) is 12.7 Å². The van der Waals surface area contributed by atoms with Gasteiger partial charge >= 0.3 is 0 Å². The first-order chi connectivity index (χ1) is 15.0. The van der Waals surface area contributed by atoms with Crippen molar-refractivity contribution in [1.82, 2.24) is 9.62 Å². The maximum Gasteiger partial charge on any atom is 0.223 e. The SMILES string of the molecule is Cc1ccccc1CS(=O)(=O)N1CCC(C(=O)N[C@H](C)c2ccc(C(C)(C)C)cc2)CC1. The highest BCUT2D eigenvalue weighted by atomic mass is 32.2. The summed E-state index contributed by atoms with van der Waals surface area (Å²) in [4.78, 5) is 12.8. The van der Waals surface area contributed by atoms with Crippen LogP contribution in [0, 0.1) is 12.8 Å². The third kappa shape index (κ3) is 5.99. The second-order valence-corrected chi connectivity index (χ2v) is 11.9. The van der Waals surface area contributed by atoms with Crippen molar-refractivity contribution in [2.45, 2.75) is 64.7 Å². The van der Waals surface area contributed by atoms with Crippen LogP contribution in [0.1, 0.15) is 68.8 Å². The van der Waals surface area contributed by atoms with Gasteiger partial charge in [0, 0.05) is 19.0 Å². The normalized spacial score (nSPS) is 17.2. The number of rotatable bonds is 6. The lowest BCUT2D eigenvalue weighted by atomic mass is 9.86. The van der Waals surface area contributed by atoms with Crippen LogP contribution in [-0.4, -0.2) is 31.7 Å². The van der Waals surface area contributed by atoms with Crippen LogP contribution >= 0.6 is 0 Å². The highest BCUT2D eigenvalue weighted by Crippen LogP contribution is 2.26. The average Bonchev–Trinajstić information content (AvgIpc) is 2.75. The largest absolute Gasteiger partial charge is 0.349 e. The van der Waals surface area contributed by atoms with Crippen molar-refractivity contribution in [3.8, 4) is 0 Å². The van der Waals surface area contributed by atoms with Crippen molar-refractivity contribution >= 4 is 15.9 Å². The van der Waals surface area contributed by atoms with E-state index in [0.29, 0.717) is 25.9 Å². The lowest BCUT2D eigenvalue weighted by Gasteiger charge is -2.31. The van der Waals surface area contributed by atoms with Gasteiger partial charge < -0.3 is 5.32 Å². The van der Waals surface area contributed by atoms with E-state index in [1.165, 1.54) is 9.87 Å². The Morgan fingerprint density at radius 1 is 1.06 bits per heavy atom. The van der Waals surface area contributed by atoms with Gasteiger partial charge in [-0.1, -0.05) is 69.3 Å². The van der Waals surface area contributed by atoms with Gasteiger partial charge in [-0.05, 0) is 54.4 Å². The molecule has 1 aliphatic rings. The van der Waals surface area contributed by atoms with Crippen molar-refractivity contribution in [2.24, 2.45) is 5.92 Å². The molecule has 174 valence electrons. The minimum absolute atomic E-state index is 0.00773. The number of nitrogens with one attached hydrogen (secondary N) is 1. The molecule has 1 N–H and O–H groups in total. The molecular formula is C26H36N2O3S. The van der Waals surface area contributed by atoms with Gasteiger partial charge in [0.1, 0.15) is 0 Å². The molecule has 32 heavy (non-hydrogen) atoms. The van der Waals surface area contributed by atoms with E-state index in [9.17, 15) is 13.2 Å². The summed E-state index contributed by atoms with van der Waals surface area (Å²) in [5.74, 6) is -0.137. The van der Waals surface area contributed by atoms with Crippen LogP contribution < -0.4 is 5.32 Å². The fraction of sp³-hybridized carbons (Fsp3) is 0.500. The standard InChI is InChI=1S/C26H36N2O3S/c1-19-8-6-7-9-23(19)18-32(30,31)28-16-14-22(15-17-28)25(29)27-20(2)21-10-12-24(13-11-21)26(3,4)5/h6-13,20,22H,14-18H2,1-5H3,(H,27,29)/t20-/m1/s1. The van der Waals surface area contributed by atoms with Crippen molar-refractivity contribution in [2.75, 3.05) is 13.1 Å². The molecule has 0 spiro atoms. The first-order valence-electron chi connectivity index (χ1n) is 11.4. The van der Waals surface area contributed by atoms with E-state index in [0.717, 1.165) is 16.7 Å². The summed E-state index contributed by atoms with van der Waals surface area (Å²) >= 11 is 0. The Labute approximate surface area is 193 Å². The number of benzene rings is 2. The molecule has 0 aliphatic carbocycles. The summed E-state index contributed by atoms with van der Waals surface area (Å²) in [5.41, 5.74) is 4.25. The van der Waals surface area contributed by atoms with Crippen molar-refractivity contribution in [3.05, 3.63) is 70.8 Å². The van der Waals surface area contributed by atoms with Gasteiger partial charge in [-0.15, -0.1) is 0 Å². The van der Waals surface area contributed by atoms with E-state index in [4.69, 9.17) is 0 Å². The summed E-state index contributed by atoms with van der Waals surface area (Å²) in [6, 6.07) is 15.9. The molecule has 0 bridgehead atoms. The molecule has 5 nitrogen and oxygen atoms in total. The van der Waals surface area contributed by atoms with Gasteiger partial charge in [0.25, 0.3) is 0 Å². The zero-order chi connectivity index (χ0) is 23.5. The predicted octanol–water partition coefficient (Wildman–Crippen LogP) is 4.71. The molecule has 1 heterocycles. The maximum absolute atomic E-state index is 12.9. The molecule has 0 saturated carbocycles. The lowest BCUT2D eigenvalue weighted by Crippen LogP contribution is -2.43. The third-order valence-electron chi connectivity index (χ3n) is 6.45. The van der Waals surface area contributed by atoms with E-state index in [1.54, 1.807) is 0 Å². The Morgan fingerprint density at radius 2 is 1.66 bits per heavy atom. The number of piperidine rings is 1. The molecule has 1 aliphatic heterocycles. The fourth-order valence-corrected chi connectivity index (χ4v) is 5.81. The fourth-order valence-electron chi connectivity index (χ4n) is 4.14. The van der Waals surface area contributed by atoms with Crippen LogP contribution in [0.4, 0.5) is 0 Å². The van der Waals surface area contributed by atoms with Crippen LogP contribution in [0.3, 0.4) is 0 Å². The Kier molecular flexibility index (Phi) is 7.46. The molecule has 6 heteroatoms. The Morgan fingerprint density at radius 3 is 2.22 bits per heavy atom. The van der Waals surface area contributed by atoms with E-state index >= 15 is 0 Å². The molecule has 0 aromatic heterocycles. The second kappa shape index (κ2) is 9.75. The summed E-state index contributed by atoms with van der Waals surface area (Å²) < 4.78 is 27.3. The van der Waals surface area contributed by atoms with Crippen LogP contribution in [0.5, 0.6) is 0 Å². The molecule has 0 unspecified atom stereocenters. The van der Waals surface area contributed by atoms with E-state index in [1.807, 2.05) is 38.1 Å². The van der Waals surface area contributed by atoms with Crippen molar-refractivity contribution < 1.29 is 13.2 Å². The summed E-state index contributed by atoms with van der Waals surface area (Å²) in [5, 5.41) is 3.12. The molecule has 1 fully saturated rings. The zero-order valence-electron chi connectivity index (χ0n) is 19.9. The summed E-state index contributed by atoms with van der Waals surface area (Å²) in [7, 11) is -3.39. The molecular weight excluding hydrogens is 420 g/mol. The van der Waals surface area contributed by atoms with Crippen molar-refractivity contribution in [1.29, 1.82) is 0 Å². The van der Waals surface area contributed by atoms with Crippen LogP contribution in [0.25, 0.3) is 0 Å².